The summed E-state index contributed by atoms with van der Waals surface area (Å²) in [6.45, 7) is 1.52. The zero-order valence-corrected chi connectivity index (χ0v) is 14.0. The Balaban J connectivity index is 1.35. The lowest BCUT2D eigenvalue weighted by molar-refractivity contribution is 0.194. The van der Waals surface area contributed by atoms with Crippen molar-refractivity contribution >= 4 is 23.3 Å². The lowest BCUT2D eigenvalue weighted by Crippen LogP contribution is -2.41. The molecule has 2 aliphatic rings. The standard InChI is InChI=1S/C15H20N6OS/c1-20-14(16-9-17-20)19-15(22)21-7-5-10(6-8-21)13-18-11-3-2-4-12(11)23-13/h9-10H,2-8H2,1H3,(H,16,17,19,22). The Kier molecular flexibility index (Phi) is 3.76. The number of thiazole rings is 1. The highest BCUT2D eigenvalue weighted by Gasteiger charge is 2.28. The average Bonchev–Trinajstić information content (AvgIpc) is 3.24. The largest absolute Gasteiger partial charge is 0.324 e. The van der Waals surface area contributed by atoms with Crippen molar-refractivity contribution in [2.75, 3.05) is 18.4 Å². The van der Waals surface area contributed by atoms with E-state index in [1.165, 1.54) is 34.7 Å². The first kappa shape index (κ1) is 14.6. The third kappa shape index (κ3) is 2.83. The van der Waals surface area contributed by atoms with Crippen LogP contribution in [0.5, 0.6) is 0 Å². The monoisotopic (exact) mass is 332 g/mol. The molecule has 1 aliphatic heterocycles. The quantitative estimate of drug-likeness (QED) is 0.914. The second-order valence-corrected chi connectivity index (χ2v) is 7.29. The summed E-state index contributed by atoms with van der Waals surface area (Å²) in [4.78, 5) is 24.5. The molecule has 23 heavy (non-hydrogen) atoms. The summed E-state index contributed by atoms with van der Waals surface area (Å²) in [5.41, 5.74) is 1.33. The van der Waals surface area contributed by atoms with Crippen molar-refractivity contribution in [2.45, 2.75) is 38.0 Å². The SMILES string of the molecule is Cn1ncnc1NC(=O)N1CCC(c2nc3c(s2)CCC3)CC1. The van der Waals surface area contributed by atoms with Gasteiger partial charge in [-0.2, -0.15) is 10.1 Å². The Labute approximate surface area is 138 Å². The number of aromatic nitrogens is 4. The van der Waals surface area contributed by atoms with E-state index in [2.05, 4.69) is 15.4 Å². The molecule has 122 valence electrons. The first-order chi connectivity index (χ1) is 11.2. The number of rotatable bonds is 2. The normalized spacial score (nSPS) is 18.2. The number of anilines is 1. The van der Waals surface area contributed by atoms with Gasteiger partial charge in [0.2, 0.25) is 5.95 Å². The Hall–Kier alpha value is -1.96. The third-order valence-corrected chi connectivity index (χ3v) is 5.99. The molecule has 0 saturated carbocycles. The number of carbonyl (C=O) groups is 1. The van der Waals surface area contributed by atoms with Gasteiger partial charge in [-0.15, -0.1) is 11.3 Å². The van der Waals surface area contributed by atoms with Gasteiger partial charge in [0.1, 0.15) is 6.33 Å². The predicted molar refractivity (Wildman–Crippen MR) is 87.7 cm³/mol. The number of nitrogens with zero attached hydrogens (tertiary/aromatic N) is 5. The van der Waals surface area contributed by atoms with E-state index in [9.17, 15) is 4.79 Å². The van der Waals surface area contributed by atoms with Crippen LogP contribution in [0.3, 0.4) is 0 Å². The van der Waals surface area contributed by atoms with Crippen LogP contribution in [0.1, 0.15) is 40.8 Å². The van der Waals surface area contributed by atoms with Crippen molar-refractivity contribution < 1.29 is 4.79 Å². The minimum atomic E-state index is -0.0961. The minimum absolute atomic E-state index is 0.0961. The first-order valence-electron chi connectivity index (χ1n) is 8.09. The number of hydrogen-bond donors (Lipinski definition) is 1. The van der Waals surface area contributed by atoms with Crippen molar-refractivity contribution in [1.29, 1.82) is 0 Å². The molecule has 3 heterocycles. The molecule has 7 nitrogen and oxygen atoms in total. The van der Waals surface area contributed by atoms with E-state index in [1.807, 2.05) is 16.2 Å². The second-order valence-electron chi connectivity index (χ2n) is 6.17. The van der Waals surface area contributed by atoms with Gasteiger partial charge < -0.3 is 4.90 Å². The van der Waals surface area contributed by atoms with Gasteiger partial charge in [0.15, 0.2) is 0 Å². The number of piperidine rings is 1. The van der Waals surface area contributed by atoms with E-state index in [1.54, 1.807) is 11.7 Å². The van der Waals surface area contributed by atoms with Crippen molar-refractivity contribution in [3.05, 3.63) is 21.9 Å². The van der Waals surface area contributed by atoms with Crippen LogP contribution in [-0.2, 0) is 19.9 Å². The van der Waals surface area contributed by atoms with E-state index in [0.29, 0.717) is 11.9 Å². The molecule has 4 rings (SSSR count). The maximum atomic E-state index is 12.3. The molecule has 1 aliphatic carbocycles. The Morgan fingerprint density at radius 3 is 2.87 bits per heavy atom. The molecule has 0 atom stereocenters. The molecule has 2 aromatic rings. The fraction of sp³-hybridized carbons (Fsp3) is 0.600. The van der Waals surface area contributed by atoms with Gasteiger partial charge in [0.25, 0.3) is 0 Å². The van der Waals surface area contributed by atoms with Crippen LogP contribution in [0.15, 0.2) is 6.33 Å². The van der Waals surface area contributed by atoms with Crippen LogP contribution in [-0.4, -0.2) is 43.8 Å². The van der Waals surface area contributed by atoms with E-state index >= 15 is 0 Å². The Morgan fingerprint density at radius 2 is 2.17 bits per heavy atom. The molecule has 1 N–H and O–H groups in total. The summed E-state index contributed by atoms with van der Waals surface area (Å²) in [5, 5.41) is 8.05. The molecule has 1 saturated heterocycles. The summed E-state index contributed by atoms with van der Waals surface area (Å²) >= 11 is 1.89. The number of aryl methyl sites for hydroxylation is 3. The molecule has 0 bridgehead atoms. The number of urea groups is 1. The summed E-state index contributed by atoms with van der Waals surface area (Å²) in [7, 11) is 1.76. The Morgan fingerprint density at radius 1 is 1.35 bits per heavy atom. The van der Waals surface area contributed by atoms with Gasteiger partial charge in [-0.05, 0) is 32.1 Å². The van der Waals surface area contributed by atoms with Crippen molar-refractivity contribution in [2.24, 2.45) is 7.05 Å². The lowest BCUT2D eigenvalue weighted by atomic mass is 9.98. The molecule has 0 radical (unpaired) electrons. The smallest absolute Gasteiger partial charge is 0.324 e. The fourth-order valence-corrected chi connectivity index (χ4v) is 4.62. The average molecular weight is 332 g/mol. The van der Waals surface area contributed by atoms with E-state index in [4.69, 9.17) is 4.98 Å². The maximum absolute atomic E-state index is 12.3. The van der Waals surface area contributed by atoms with Gasteiger partial charge in [-0.3, -0.25) is 5.32 Å². The zero-order valence-electron chi connectivity index (χ0n) is 13.2. The first-order valence-corrected chi connectivity index (χ1v) is 8.91. The molecule has 0 unspecified atom stereocenters. The Bertz CT molecular complexity index is 694. The number of hydrogen-bond acceptors (Lipinski definition) is 5. The molecule has 2 aromatic heterocycles. The fourth-order valence-electron chi connectivity index (χ4n) is 3.30. The topological polar surface area (TPSA) is 75.9 Å². The molecular weight excluding hydrogens is 312 g/mol. The maximum Gasteiger partial charge on any atom is 0.324 e. The van der Waals surface area contributed by atoms with Gasteiger partial charge in [0, 0.05) is 30.9 Å². The van der Waals surface area contributed by atoms with E-state index < -0.39 is 0 Å². The third-order valence-electron chi connectivity index (χ3n) is 4.67. The van der Waals surface area contributed by atoms with Gasteiger partial charge in [-0.1, -0.05) is 0 Å². The van der Waals surface area contributed by atoms with Crippen molar-refractivity contribution in [3.63, 3.8) is 0 Å². The summed E-state index contributed by atoms with van der Waals surface area (Å²) < 4.78 is 1.56. The number of nitrogens with one attached hydrogen (secondary N) is 1. The van der Waals surface area contributed by atoms with Crippen molar-refractivity contribution in [1.82, 2.24) is 24.6 Å². The highest BCUT2D eigenvalue weighted by Crippen LogP contribution is 2.35. The summed E-state index contributed by atoms with van der Waals surface area (Å²) in [5.74, 6) is 0.984. The van der Waals surface area contributed by atoms with Gasteiger partial charge in [-0.25, -0.2) is 14.5 Å². The van der Waals surface area contributed by atoms with Gasteiger partial charge in [0.05, 0.1) is 10.7 Å². The minimum Gasteiger partial charge on any atom is -0.324 e. The van der Waals surface area contributed by atoms with Crippen LogP contribution in [0.2, 0.25) is 0 Å². The zero-order chi connectivity index (χ0) is 15.8. The predicted octanol–water partition coefficient (Wildman–Crippen LogP) is 2.17. The highest BCUT2D eigenvalue weighted by atomic mass is 32.1. The lowest BCUT2D eigenvalue weighted by Gasteiger charge is -2.30. The molecule has 0 aromatic carbocycles. The number of fused-ring (bicyclic) bond motifs is 1. The number of likely N-dealkylation sites (tertiary alicyclic amines) is 1. The van der Waals surface area contributed by atoms with Crippen LogP contribution in [0.4, 0.5) is 10.7 Å². The highest BCUT2D eigenvalue weighted by molar-refractivity contribution is 7.11. The molecular formula is C15H20N6OS. The van der Waals surface area contributed by atoms with E-state index in [-0.39, 0.29) is 6.03 Å². The summed E-state index contributed by atoms with van der Waals surface area (Å²) in [6.07, 6.45) is 7.01. The van der Waals surface area contributed by atoms with Gasteiger partial charge >= 0.3 is 6.03 Å². The van der Waals surface area contributed by atoms with Crippen LogP contribution >= 0.6 is 11.3 Å². The van der Waals surface area contributed by atoms with Crippen LogP contribution in [0.25, 0.3) is 0 Å². The molecule has 1 fully saturated rings. The number of carbonyl (C=O) groups excluding carboxylic acids is 1. The van der Waals surface area contributed by atoms with E-state index in [0.717, 1.165) is 32.4 Å². The molecule has 8 heteroatoms. The van der Waals surface area contributed by atoms with Crippen LogP contribution in [0, 0.1) is 0 Å². The molecule has 2 amide bonds. The molecule has 0 spiro atoms. The van der Waals surface area contributed by atoms with Crippen LogP contribution < -0.4 is 5.32 Å². The second kappa shape index (κ2) is 5.92. The number of amides is 2. The van der Waals surface area contributed by atoms with Crippen molar-refractivity contribution in [3.8, 4) is 0 Å². The summed E-state index contributed by atoms with van der Waals surface area (Å²) in [6, 6.07) is -0.0961.